The largest absolute Gasteiger partial charge is 0.387 e. The van der Waals surface area contributed by atoms with Crippen LogP contribution in [0.1, 0.15) is 25.5 Å². The zero-order chi connectivity index (χ0) is 13.5. The fourth-order valence-corrected chi connectivity index (χ4v) is 1.67. The number of nitrogens with zero attached hydrogens (tertiary/aromatic N) is 1. The quantitative estimate of drug-likeness (QED) is 0.811. The molecule has 4 heteroatoms. The Labute approximate surface area is 108 Å². The van der Waals surface area contributed by atoms with Gasteiger partial charge in [-0.1, -0.05) is 18.2 Å². The third-order valence-corrected chi connectivity index (χ3v) is 2.67. The standard InChI is InChI=1S/C14H22FNO2/c1-11(2)18-9-8-16(3)10-14(17)12-6-4-5-7-13(12)15/h4-7,11,14,17H,8-10H2,1-3H3. The Bertz CT molecular complexity index is 357. The van der Waals surface area contributed by atoms with Gasteiger partial charge in [0.1, 0.15) is 5.82 Å². The maximum Gasteiger partial charge on any atom is 0.129 e. The number of aliphatic hydroxyl groups is 1. The molecule has 1 aromatic carbocycles. The highest BCUT2D eigenvalue weighted by atomic mass is 19.1. The Hall–Kier alpha value is -0.970. The van der Waals surface area contributed by atoms with E-state index in [-0.39, 0.29) is 11.9 Å². The number of hydrogen-bond acceptors (Lipinski definition) is 3. The van der Waals surface area contributed by atoms with E-state index in [4.69, 9.17) is 4.74 Å². The van der Waals surface area contributed by atoms with Crippen molar-refractivity contribution in [1.29, 1.82) is 0 Å². The van der Waals surface area contributed by atoms with E-state index >= 15 is 0 Å². The van der Waals surface area contributed by atoms with Gasteiger partial charge in [0, 0.05) is 18.7 Å². The molecule has 0 aliphatic rings. The van der Waals surface area contributed by atoms with Crippen molar-refractivity contribution in [2.24, 2.45) is 0 Å². The van der Waals surface area contributed by atoms with Crippen LogP contribution in [0.15, 0.2) is 24.3 Å². The van der Waals surface area contributed by atoms with E-state index in [1.165, 1.54) is 6.07 Å². The average Bonchev–Trinajstić information content (AvgIpc) is 2.28. The van der Waals surface area contributed by atoms with E-state index in [9.17, 15) is 9.50 Å². The highest BCUT2D eigenvalue weighted by Crippen LogP contribution is 2.17. The molecule has 3 nitrogen and oxygen atoms in total. The molecule has 0 aromatic heterocycles. The van der Waals surface area contributed by atoms with Gasteiger partial charge >= 0.3 is 0 Å². The minimum absolute atomic E-state index is 0.204. The summed E-state index contributed by atoms with van der Waals surface area (Å²) >= 11 is 0. The lowest BCUT2D eigenvalue weighted by Gasteiger charge is -2.21. The predicted octanol–water partition coefficient (Wildman–Crippen LogP) is 2.22. The first kappa shape index (κ1) is 15.1. The summed E-state index contributed by atoms with van der Waals surface area (Å²) in [4.78, 5) is 1.93. The van der Waals surface area contributed by atoms with E-state index in [1.54, 1.807) is 18.2 Å². The number of ether oxygens (including phenoxy) is 1. The molecule has 0 radical (unpaired) electrons. The molecule has 0 amide bonds. The topological polar surface area (TPSA) is 32.7 Å². The van der Waals surface area contributed by atoms with Crippen LogP contribution in [0.25, 0.3) is 0 Å². The molecule has 0 aliphatic carbocycles. The van der Waals surface area contributed by atoms with E-state index in [2.05, 4.69) is 0 Å². The SMILES string of the molecule is CC(C)OCCN(C)CC(O)c1ccccc1F. The second kappa shape index (κ2) is 7.46. The molecular formula is C14H22FNO2. The Balaban J connectivity index is 2.40. The maximum atomic E-state index is 13.4. The normalized spacial score (nSPS) is 13.3. The molecule has 1 aromatic rings. The number of benzene rings is 1. The minimum atomic E-state index is -0.810. The molecule has 0 saturated heterocycles. The van der Waals surface area contributed by atoms with E-state index < -0.39 is 6.10 Å². The summed E-state index contributed by atoms with van der Waals surface area (Å²) in [7, 11) is 1.88. The van der Waals surface area contributed by atoms with Crippen molar-refractivity contribution in [2.45, 2.75) is 26.1 Å². The summed E-state index contributed by atoms with van der Waals surface area (Å²) in [5.74, 6) is -0.364. The van der Waals surface area contributed by atoms with Gasteiger partial charge in [0.25, 0.3) is 0 Å². The molecule has 1 atom stereocenters. The first-order valence-electron chi connectivity index (χ1n) is 6.23. The molecular weight excluding hydrogens is 233 g/mol. The van der Waals surface area contributed by atoms with Crippen LogP contribution in [0.5, 0.6) is 0 Å². The third kappa shape index (κ3) is 5.12. The van der Waals surface area contributed by atoms with Gasteiger partial charge in [-0.2, -0.15) is 0 Å². The van der Waals surface area contributed by atoms with Crippen LogP contribution in [0.4, 0.5) is 4.39 Å². The van der Waals surface area contributed by atoms with E-state index in [1.807, 2.05) is 25.8 Å². The Morgan fingerprint density at radius 1 is 1.33 bits per heavy atom. The second-order valence-electron chi connectivity index (χ2n) is 4.72. The summed E-state index contributed by atoms with van der Waals surface area (Å²) in [6, 6.07) is 6.31. The first-order chi connectivity index (χ1) is 8.50. The van der Waals surface area contributed by atoms with Crippen molar-refractivity contribution in [2.75, 3.05) is 26.7 Å². The van der Waals surface area contributed by atoms with Gasteiger partial charge < -0.3 is 14.7 Å². The Kier molecular flexibility index (Phi) is 6.25. The van der Waals surface area contributed by atoms with Gasteiger partial charge in [-0.15, -0.1) is 0 Å². The highest BCUT2D eigenvalue weighted by molar-refractivity contribution is 5.19. The average molecular weight is 255 g/mol. The van der Waals surface area contributed by atoms with Gasteiger partial charge in [0.05, 0.1) is 18.8 Å². The van der Waals surface area contributed by atoms with E-state index in [0.717, 1.165) is 0 Å². The summed E-state index contributed by atoms with van der Waals surface area (Å²) in [5.41, 5.74) is 0.342. The second-order valence-corrected chi connectivity index (χ2v) is 4.72. The fourth-order valence-electron chi connectivity index (χ4n) is 1.67. The Morgan fingerprint density at radius 2 is 2.00 bits per heavy atom. The number of rotatable bonds is 7. The molecule has 0 aliphatic heterocycles. The van der Waals surface area contributed by atoms with Crippen molar-refractivity contribution < 1.29 is 14.2 Å². The lowest BCUT2D eigenvalue weighted by atomic mass is 10.1. The lowest BCUT2D eigenvalue weighted by Crippen LogP contribution is -2.29. The van der Waals surface area contributed by atoms with E-state index in [0.29, 0.717) is 25.3 Å². The lowest BCUT2D eigenvalue weighted by molar-refractivity contribution is 0.0514. The van der Waals surface area contributed by atoms with Crippen LogP contribution in [-0.2, 0) is 4.74 Å². The molecule has 18 heavy (non-hydrogen) atoms. The predicted molar refractivity (Wildman–Crippen MR) is 69.9 cm³/mol. The summed E-state index contributed by atoms with van der Waals surface area (Å²) in [6.45, 7) is 5.67. The molecule has 0 saturated carbocycles. The molecule has 102 valence electrons. The smallest absolute Gasteiger partial charge is 0.129 e. The third-order valence-electron chi connectivity index (χ3n) is 2.67. The molecule has 0 heterocycles. The Morgan fingerprint density at radius 3 is 2.61 bits per heavy atom. The maximum absolute atomic E-state index is 13.4. The van der Waals surface area contributed by atoms with Crippen molar-refractivity contribution in [3.05, 3.63) is 35.6 Å². The minimum Gasteiger partial charge on any atom is -0.387 e. The van der Waals surface area contributed by atoms with Gasteiger partial charge in [-0.05, 0) is 27.0 Å². The zero-order valence-electron chi connectivity index (χ0n) is 11.3. The highest BCUT2D eigenvalue weighted by Gasteiger charge is 2.14. The van der Waals surface area contributed by atoms with Gasteiger partial charge in [-0.3, -0.25) is 0 Å². The van der Waals surface area contributed by atoms with Gasteiger partial charge in [-0.25, -0.2) is 4.39 Å². The number of likely N-dealkylation sites (N-methyl/N-ethyl adjacent to an activating group) is 1. The van der Waals surface area contributed by atoms with Gasteiger partial charge in [0.2, 0.25) is 0 Å². The zero-order valence-corrected chi connectivity index (χ0v) is 11.3. The van der Waals surface area contributed by atoms with Crippen molar-refractivity contribution in [3.63, 3.8) is 0 Å². The fraction of sp³-hybridized carbons (Fsp3) is 0.571. The van der Waals surface area contributed by atoms with Crippen LogP contribution in [0, 0.1) is 5.82 Å². The van der Waals surface area contributed by atoms with Crippen molar-refractivity contribution in [1.82, 2.24) is 4.90 Å². The van der Waals surface area contributed by atoms with Gasteiger partial charge in [0.15, 0.2) is 0 Å². The molecule has 0 fully saturated rings. The van der Waals surface area contributed by atoms with Crippen molar-refractivity contribution in [3.8, 4) is 0 Å². The van der Waals surface area contributed by atoms with Crippen LogP contribution < -0.4 is 0 Å². The van der Waals surface area contributed by atoms with Crippen LogP contribution in [0.2, 0.25) is 0 Å². The molecule has 1 N–H and O–H groups in total. The van der Waals surface area contributed by atoms with Crippen molar-refractivity contribution >= 4 is 0 Å². The first-order valence-corrected chi connectivity index (χ1v) is 6.23. The number of hydrogen-bond donors (Lipinski definition) is 1. The summed E-state index contributed by atoms with van der Waals surface area (Å²) < 4.78 is 18.9. The summed E-state index contributed by atoms with van der Waals surface area (Å²) in [5, 5.41) is 9.96. The van der Waals surface area contributed by atoms with Crippen LogP contribution >= 0.6 is 0 Å². The number of aliphatic hydroxyl groups excluding tert-OH is 1. The van der Waals surface area contributed by atoms with Crippen LogP contribution in [0.3, 0.4) is 0 Å². The molecule has 0 spiro atoms. The van der Waals surface area contributed by atoms with Crippen LogP contribution in [-0.4, -0.2) is 42.9 Å². The molecule has 1 unspecified atom stereocenters. The monoisotopic (exact) mass is 255 g/mol. The molecule has 1 rings (SSSR count). The summed E-state index contributed by atoms with van der Waals surface area (Å²) in [6.07, 6.45) is -0.606. The number of halogens is 1. The molecule has 0 bridgehead atoms.